The predicted molar refractivity (Wildman–Crippen MR) is 105 cm³/mol. The number of rotatable bonds is 2. The number of hydrogen-bond donors (Lipinski definition) is 2. The molecular weight excluding hydrogens is 395 g/mol. The fourth-order valence-electron chi connectivity index (χ4n) is 5.38. The molecule has 0 bridgehead atoms. The first kappa shape index (κ1) is 19.1. The van der Waals surface area contributed by atoms with Crippen molar-refractivity contribution in [2.75, 3.05) is 17.2 Å². The number of carbonyl (C=O) groups is 2. The van der Waals surface area contributed by atoms with Gasteiger partial charge in [-0.2, -0.15) is 13.2 Å². The van der Waals surface area contributed by atoms with Crippen molar-refractivity contribution in [3.8, 4) is 0 Å². The van der Waals surface area contributed by atoms with Crippen molar-refractivity contribution < 1.29 is 22.8 Å². The van der Waals surface area contributed by atoms with E-state index in [1.54, 1.807) is 0 Å². The van der Waals surface area contributed by atoms with Crippen LogP contribution in [0.25, 0.3) is 0 Å². The lowest BCUT2D eigenvalue weighted by Gasteiger charge is -2.36. The first-order valence-corrected chi connectivity index (χ1v) is 9.97. The van der Waals surface area contributed by atoms with Gasteiger partial charge in [-0.3, -0.25) is 14.5 Å². The Morgan fingerprint density at radius 3 is 2.77 bits per heavy atom. The summed E-state index contributed by atoms with van der Waals surface area (Å²) in [5, 5.41) is 5.55. The quantitative estimate of drug-likeness (QED) is 0.780. The largest absolute Gasteiger partial charge is 0.416 e. The number of carbonyl (C=O) groups excluding carboxylic acids is 2. The van der Waals surface area contributed by atoms with Gasteiger partial charge in [-0.25, -0.2) is 0 Å². The number of amides is 2. The third kappa shape index (κ3) is 2.66. The van der Waals surface area contributed by atoms with Crippen LogP contribution in [0.2, 0.25) is 0 Å². The summed E-state index contributed by atoms with van der Waals surface area (Å²) in [7, 11) is 0. The molecule has 3 heterocycles. The number of alkyl halides is 3. The van der Waals surface area contributed by atoms with Crippen LogP contribution in [0.4, 0.5) is 24.5 Å². The molecule has 2 aromatic rings. The van der Waals surface area contributed by atoms with E-state index in [0.29, 0.717) is 18.7 Å². The van der Waals surface area contributed by atoms with Gasteiger partial charge in [0, 0.05) is 23.0 Å². The Morgan fingerprint density at radius 1 is 1.17 bits per heavy atom. The molecule has 0 radical (unpaired) electrons. The van der Waals surface area contributed by atoms with Gasteiger partial charge in [0.05, 0.1) is 11.5 Å². The fourth-order valence-corrected chi connectivity index (χ4v) is 5.38. The van der Waals surface area contributed by atoms with Gasteiger partial charge >= 0.3 is 6.18 Å². The maximum atomic E-state index is 13.3. The maximum absolute atomic E-state index is 13.3. The van der Waals surface area contributed by atoms with E-state index in [2.05, 4.69) is 15.5 Å². The van der Waals surface area contributed by atoms with Gasteiger partial charge in [-0.05, 0) is 50.1 Å². The zero-order chi connectivity index (χ0) is 21.1. The third-order valence-electron chi connectivity index (χ3n) is 6.55. The highest BCUT2D eigenvalue weighted by atomic mass is 19.4. The smallest absolute Gasteiger partial charge is 0.326 e. The second-order valence-electron chi connectivity index (χ2n) is 8.11. The SMILES string of the molecule is O=C(Nc1cccc(C(F)(F)F)c1)[C@H]1C[C@H]2CCCN2[C@@]12C(=O)Nc1ccccc12. The van der Waals surface area contributed by atoms with Crippen LogP contribution in [0.5, 0.6) is 0 Å². The lowest BCUT2D eigenvalue weighted by Crippen LogP contribution is -2.53. The standard InChI is InChI=1S/C22H20F3N3O2/c23-22(24,25)13-5-3-6-14(11-13)26-19(29)17-12-15-7-4-10-28(15)21(17)16-8-1-2-9-18(16)27-20(21)30/h1-3,5-6,8-9,11,15,17H,4,7,10,12H2,(H,26,29)(H,27,30)/t15-,17-,21-/m1/s1. The molecule has 3 atom stereocenters. The molecule has 0 aromatic heterocycles. The van der Waals surface area contributed by atoms with E-state index in [1.807, 2.05) is 24.3 Å². The topological polar surface area (TPSA) is 61.4 Å². The Hall–Kier alpha value is -2.87. The monoisotopic (exact) mass is 415 g/mol. The van der Waals surface area contributed by atoms with E-state index in [1.165, 1.54) is 12.1 Å². The van der Waals surface area contributed by atoms with Crippen molar-refractivity contribution in [3.05, 3.63) is 59.7 Å². The molecule has 3 aliphatic heterocycles. The Labute approximate surface area is 171 Å². The summed E-state index contributed by atoms with van der Waals surface area (Å²) < 4.78 is 39.1. The van der Waals surface area contributed by atoms with Crippen LogP contribution in [-0.4, -0.2) is 29.3 Å². The number of benzene rings is 2. The molecule has 0 unspecified atom stereocenters. The summed E-state index contributed by atoms with van der Waals surface area (Å²) in [5.41, 5.74) is -0.422. The minimum atomic E-state index is -4.50. The molecule has 2 saturated heterocycles. The highest BCUT2D eigenvalue weighted by molar-refractivity contribution is 6.10. The molecule has 0 aliphatic carbocycles. The van der Waals surface area contributed by atoms with Crippen LogP contribution in [0.3, 0.4) is 0 Å². The zero-order valence-corrected chi connectivity index (χ0v) is 16.0. The van der Waals surface area contributed by atoms with Crippen molar-refractivity contribution in [1.29, 1.82) is 0 Å². The van der Waals surface area contributed by atoms with Crippen LogP contribution in [0.15, 0.2) is 48.5 Å². The van der Waals surface area contributed by atoms with Gasteiger partial charge in [0.2, 0.25) is 11.8 Å². The number of nitrogens with one attached hydrogen (secondary N) is 2. The second kappa shape index (κ2) is 6.57. The van der Waals surface area contributed by atoms with Crippen LogP contribution >= 0.6 is 0 Å². The lowest BCUT2D eigenvalue weighted by atomic mass is 9.78. The Balaban J connectivity index is 1.52. The van der Waals surface area contributed by atoms with Crippen LogP contribution in [0.1, 0.15) is 30.4 Å². The molecule has 2 aromatic carbocycles. The van der Waals surface area contributed by atoms with Crippen molar-refractivity contribution in [3.63, 3.8) is 0 Å². The van der Waals surface area contributed by atoms with Gasteiger partial charge in [0.1, 0.15) is 5.54 Å². The molecule has 8 heteroatoms. The van der Waals surface area contributed by atoms with E-state index < -0.39 is 29.1 Å². The summed E-state index contributed by atoms with van der Waals surface area (Å²) in [4.78, 5) is 28.7. The minimum absolute atomic E-state index is 0.0729. The van der Waals surface area contributed by atoms with Gasteiger partial charge < -0.3 is 10.6 Å². The normalized spacial score (nSPS) is 27.8. The summed E-state index contributed by atoms with van der Waals surface area (Å²) in [6, 6.07) is 12.0. The summed E-state index contributed by atoms with van der Waals surface area (Å²) >= 11 is 0. The highest BCUT2D eigenvalue weighted by Gasteiger charge is 2.65. The average Bonchev–Trinajstić information content (AvgIpc) is 3.36. The molecule has 2 amide bonds. The summed E-state index contributed by atoms with van der Waals surface area (Å²) in [6.07, 6.45) is -2.16. The van der Waals surface area contributed by atoms with Gasteiger partial charge in [-0.15, -0.1) is 0 Å². The number of para-hydroxylation sites is 1. The number of anilines is 2. The number of hydrogen-bond acceptors (Lipinski definition) is 3. The number of halogens is 3. The molecular formula is C22H20F3N3O2. The van der Waals surface area contributed by atoms with E-state index in [9.17, 15) is 22.8 Å². The molecule has 30 heavy (non-hydrogen) atoms. The minimum Gasteiger partial charge on any atom is -0.326 e. The van der Waals surface area contributed by atoms with Crippen molar-refractivity contribution in [2.45, 2.75) is 37.0 Å². The van der Waals surface area contributed by atoms with Gasteiger partial charge in [-0.1, -0.05) is 24.3 Å². The second-order valence-corrected chi connectivity index (χ2v) is 8.11. The van der Waals surface area contributed by atoms with E-state index in [0.717, 1.165) is 30.5 Å². The molecule has 5 nitrogen and oxygen atoms in total. The fraction of sp³-hybridized carbons (Fsp3) is 0.364. The summed E-state index contributed by atoms with van der Waals surface area (Å²) in [5.74, 6) is -1.37. The maximum Gasteiger partial charge on any atom is 0.416 e. The first-order chi connectivity index (χ1) is 14.3. The Morgan fingerprint density at radius 2 is 1.97 bits per heavy atom. The molecule has 5 rings (SSSR count). The Kier molecular flexibility index (Phi) is 4.18. The highest BCUT2D eigenvalue weighted by Crippen LogP contribution is 2.55. The Bertz CT molecular complexity index is 1040. The molecule has 156 valence electrons. The van der Waals surface area contributed by atoms with Gasteiger partial charge in [0.15, 0.2) is 0 Å². The number of nitrogens with zero attached hydrogens (tertiary/aromatic N) is 1. The van der Waals surface area contributed by atoms with Crippen LogP contribution in [-0.2, 0) is 21.3 Å². The molecule has 3 aliphatic rings. The molecule has 2 N–H and O–H groups in total. The summed E-state index contributed by atoms with van der Waals surface area (Å²) in [6.45, 7) is 0.708. The molecule has 2 fully saturated rings. The zero-order valence-electron chi connectivity index (χ0n) is 16.0. The van der Waals surface area contributed by atoms with E-state index in [4.69, 9.17) is 0 Å². The van der Waals surface area contributed by atoms with Crippen LogP contribution < -0.4 is 10.6 Å². The number of fused-ring (bicyclic) bond motifs is 4. The van der Waals surface area contributed by atoms with Crippen molar-refractivity contribution in [1.82, 2.24) is 4.90 Å². The van der Waals surface area contributed by atoms with E-state index in [-0.39, 0.29) is 17.6 Å². The predicted octanol–water partition coefficient (Wildman–Crippen LogP) is 3.98. The van der Waals surface area contributed by atoms with Gasteiger partial charge in [0.25, 0.3) is 0 Å². The van der Waals surface area contributed by atoms with E-state index >= 15 is 0 Å². The van der Waals surface area contributed by atoms with Crippen molar-refractivity contribution >= 4 is 23.2 Å². The van der Waals surface area contributed by atoms with Crippen molar-refractivity contribution in [2.24, 2.45) is 5.92 Å². The van der Waals surface area contributed by atoms with Crippen LogP contribution in [0, 0.1) is 5.92 Å². The average molecular weight is 415 g/mol. The molecule has 1 spiro atoms. The molecule has 0 saturated carbocycles. The first-order valence-electron chi connectivity index (χ1n) is 9.97. The third-order valence-corrected chi connectivity index (χ3v) is 6.55. The lowest BCUT2D eigenvalue weighted by molar-refractivity contribution is -0.137.